The lowest BCUT2D eigenvalue weighted by Crippen LogP contribution is -2.51. The number of hydrogen-bond acceptors (Lipinski definition) is 6. The number of esters is 1. The zero-order chi connectivity index (χ0) is 22.7. The molecule has 1 aromatic heterocycles. The number of ether oxygens (including phenoxy) is 2. The van der Waals surface area contributed by atoms with Gasteiger partial charge in [0.25, 0.3) is 0 Å². The molecule has 1 aliphatic heterocycles. The number of fused-ring (bicyclic) bond motifs is 3. The summed E-state index contributed by atoms with van der Waals surface area (Å²) in [6.07, 6.45) is 1.34. The van der Waals surface area contributed by atoms with Gasteiger partial charge < -0.3 is 14.6 Å². The quantitative estimate of drug-likeness (QED) is 0.418. The van der Waals surface area contributed by atoms with Crippen molar-refractivity contribution in [1.82, 2.24) is 4.98 Å². The maximum atomic E-state index is 13.9. The van der Waals surface area contributed by atoms with Gasteiger partial charge in [-0.1, -0.05) is 70.0 Å². The van der Waals surface area contributed by atoms with Crippen molar-refractivity contribution < 1.29 is 24.2 Å². The molecule has 1 saturated carbocycles. The van der Waals surface area contributed by atoms with E-state index in [-0.39, 0.29) is 11.4 Å². The fourth-order valence-electron chi connectivity index (χ4n) is 5.00. The second-order valence-corrected chi connectivity index (χ2v) is 9.16. The Hall–Kier alpha value is -2.74. The van der Waals surface area contributed by atoms with Gasteiger partial charge in [0, 0.05) is 16.7 Å². The molecule has 0 spiro atoms. The Labute approximate surface area is 197 Å². The highest BCUT2D eigenvalue weighted by molar-refractivity contribution is 9.10. The Morgan fingerprint density at radius 1 is 1.19 bits per heavy atom. The van der Waals surface area contributed by atoms with E-state index >= 15 is 0 Å². The first-order chi connectivity index (χ1) is 15.3. The highest BCUT2D eigenvalue weighted by Crippen LogP contribution is 2.66. The first-order valence-electron chi connectivity index (χ1n) is 9.85. The Balaban J connectivity index is 1.88. The predicted octanol–water partition coefficient (Wildman–Crippen LogP) is 4.13. The summed E-state index contributed by atoms with van der Waals surface area (Å²) >= 11 is 9.56. The average Bonchev–Trinajstić information content (AvgIpc) is 3.17. The van der Waals surface area contributed by atoms with Crippen LogP contribution < -0.4 is 4.74 Å². The van der Waals surface area contributed by atoms with Crippen LogP contribution in [-0.4, -0.2) is 29.0 Å². The minimum absolute atomic E-state index is 0.0298. The number of hydrogen-bond donors (Lipinski definition) is 1. The van der Waals surface area contributed by atoms with Gasteiger partial charge in [0.15, 0.2) is 11.4 Å². The van der Waals surface area contributed by atoms with Crippen LogP contribution in [0, 0.1) is 5.92 Å². The van der Waals surface area contributed by atoms with E-state index < -0.39 is 34.8 Å². The molecule has 2 aromatic carbocycles. The molecule has 6 nitrogen and oxygen atoms in total. The number of carbonyl (C=O) groups is 2. The van der Waals surface area contributed by atoms with E-state index in [0.29, 0.717) is 16.1 Å². The van der Waals surface area contributed by atoms with Crippen molar-refractivity contribution in [1.29, 1.82) is 0 Å². The van der Waals surface area contributed by atoms with Crippen molar-refractivity contribution in [2.75, 3.05) is 7.11 Å². The van der Waals surface area contributed by atoms with Crippen molar-refractivity contribution >= 4 is 39.3 Å². The number of ketones is 1. The third kappa shape index (κ3) is 2.65. The van der Waals surface area contributed by atoms with Crippen molar-refractivity contribution in [3.63, 3.8) is 0 Å². The van der Waals surface area contributed by atoms with E-state index in [1.165, 1.54) is 19.4 Å². The summed E-state index contributed by atoms with van der Waals surface area (Å²) in [6.45, 7) is 0. The molecule has 2 heterocycles. The minimum atomic E-state index is -2.24. The highest BCUT2D eigenvalue weighted by Gasteiger charge is 2.78. The molecular weight excluding hydrogens is 498 g/mol. The van der Waals surface area contributed by atoms with Crippen LogP contribution in [0.15, 0.2) is 71.3 Å². The standard InChI is InChI=1S/C24H17BrClNO5/c1-31-22(29)18-19(13-5-3-2-4-6-13)24(14-7-9-15(25)10-8-14)23(30,21(18)28)20-17(32-24)11-16(26)12-27-20/h2-12,18-19,30H,1H3/t18-,19-,23+,24+/m1/s1. The Kier molecular flexibility index (Phi) is 4.89. The fourth-order valence-corrected chi connectivity index (χ4v) is 5.41. The molecule has 32 heavy (non-hydrogen) atoms. The van der Waals surface area contributed by atoms with Gasteiger partial charge in [0.05, 0.1) is 18.1 Å². The van der Waals surface area contributed by atoms with Crippen molar-refractivity contribution in [2.45, 2.75) is 17.1 Å². The summed E-state index contributed by atoms with van der Waals surface area (Å²) in [6, 6.07) is 17.6. The lowest BCUT2D eigenvalue weighted by Gasteiger charge is -2.39. The molecule has 0 saturated heterocycles. The van der Waals surface area contributed by atoms with Crippen LogP contribution in [0.5, 0.6) is 5.75 Å². The molecule has 8 heteroatoms. The first kappa shape index (κ1) is 21.1. The van der Waals surface area contributed by atoms with Crippen LogP contribution in [0.4, 0.5) is 0 Å². The summed E-state index contributed by atoms with van der Waals surface area (Å²) in [5.41, 5.74) is -2.70. The van der Waals surface area contributed by atoms with E-state index in [2.05, 4.69) is 20.9 Å². The van der Waals surface area contributed by atoms with E-state index in [1.807, 2.05) is 6.07 Å². The largest absolute Gasteiger partial charge is 0.476 e. The molecule has 0 radical (unpaired) electrons. The van der Waals surface area contributed by atoms with Crippen LogP contribution in [0.1, 0.15) is 22.7 Å². The molecular formula is C24H17BrClNO5. The molecule has 5 rings (SSSR count). The average molecular weight is 515 g/mol. The second kappa shape index (κ2) is 7.40. The van der Waals surface area contributed by atoms with Gasteiger partial charge in [-0.15, -0.1) is 0 Å². The van der Waals surface area contributed by atoms with Gasteiger partial charge in [-0.3, -0.25) is 14.6 Å². The lowest BCUT2D eigenvalue weighted by atomic mass is 9.71. The molecule has 1 aliphatic carbocycles. The Morgan fingerprint density at radius 3 is 2.53 bits per heavy atom. The van der Waals surface area contributed by atoms with E-state index in [1.54, 1.807) is 48.5 Å². The Bertz CT molecular complexity index is 1230. The predicted molar refractivity (Wildman–Crippen MR) is 119 cm³/mol. The number of rotatable bonds is 3. The summed E-state index contributed by atoms with van der Waals surface area (Å²) in [4.78, 5) is 31.1. The normalized spacial score (nSPS) is 28.1. The smallest absolute Gasteiger partial charge is 0.317 e. The molecule has 162 valence electrons. The third-order valence-corrected chi connectivity index (χ3v) is 7.00. The minimum Gasteiger partial charge on any atom is -0.476 e. The number of methoxy groups -OCH3 is 1. The molecule has 1 N–H and O–H groups in total. The SMILES string of the molecule is COC(=O)[C@H]1C(=O)[C@@]2(O)c3ncc(Cl)cc3O[C@@]2(c2ccc(Br)cc2)[C@@H]1c1ccccc1. The second-order valence-electron chi connectivity index (χ2n) is 7.81. The van der Waals surface area contributed by atoms with Crippen LogP contribution in [0.3, 0.4) is 0 Å². The number of pyridine rings is 1. The number of Topliss-reactive ketones (excluding diaryl/α,β-unsaturated/α-hetero) is 1. The molecule has 0 unspecified atom stereocenters. The third-order valence-electron chi connectivity index (χ3n) is 6.27. The summed E-state index contributed by atoms with van der Waals surface area (Å²) in [5, 5.41) is 12.5. The van der Waals surface area contributed by atoms with Gasteiger partial charge in [-0.25, -0.2) is 0 Å². The van der Waals surface area contributed by atoms with Gasteiger partial charge in [-0.05, 0) is 23.3 Å². The van der Waals surface area contributed by atoms with Crippen LogP contribution in [0.25, 0.3) is 0 Å². The van der Waals surface area contributed by atoms with Crippen LogP contribution in [-0.2, 0) is 25.5 Å². The monoisotopic (exact) mass is 513 g/mol. The van der Waals surface area contributed by atoms with Gasteiger partial charge in [0.2, 0.25) is 5.60 Å². The number of benzene rings is 2. The van der Waals surface area contributed by atoms with E-state index in [0.717, 1.165) is 4.47 Å². The molecule has 2 aliphatic rings. The topological polar surface area (TPSA) is 85.7 Å². The molecule has 1 fully saturated rings. The van der Waals surface area contributed by atoms with Crippen LogP contribution in [0.2, 0.25) is 5.02 Å². The van der Waals surface area contributed by atoms with Crippen molar-refractivity contribution in [2.24, 2.45) is 5.92 Å². The number of aromatic nitrogens is 1. The number of halogens is 2. The number of aliphatic hydroxyl groups is 1. The fraction of sp³-hybridized carbons (Fsp3) is 0.208. The van der Waals surface area contributed by atoms with Gasteiger partial charge in [0.1, 0.15) is 17.4 Å². The molecule has 0 amide bonds. The Morgan fingerprint density at radius 2 is 1.88 bits per heavy atom. The molecule has 4 atom stereocenters. The first-order valence-corrected chi connectivity index (χ1v) is 11.0. The highest BCUT2D eigenvalue weighted by atomic mass is 79.9. The summed E-state index contributed by atoms with van der Waals surface area (Å²) in [5.74, 6) is -3.47. The van der Waals surface area contributed by atoms with Crippen molar-refractivity contribution in [3.05, 3.63) is 93.2 Å². The maximum Gasteiger partial charge on any atom is 0.317 e. The molecule has 0 bridgehead atoms. The zero-order valence-corrected chi connectivity index (χ0v) is 19.1. The summed E-state index contributed by atoms with van der Waals surface area (Å²) < 4.78 is 12.3. The number of nitrogens with zero attached hydrogens (tertiary/aromatic N) is 1. The number of carbonyl (C=O) groups excluding carboxylic acids is 2. The zero-order valence-electron chi connectivity index (χ0n) is 16.8. The van der Waals surface area contributed by atoms with E-state index in [9.17, 15) is 14.7 Å². The lowest BCUT2D eigenvalue weighted by molar-refractivity contribution is -0.155. The maximum absolute atomic E-state index is 13.9. The van der Waals surface area contributed by atoms with Gasteiger partial charge in [-0.2, -0.15) is 0 Å². The summed E-state index contributed by atoms with van der Waals surface area (Å²) in [7, 11) is 1.22. The van der Waals surface area contributed by atoms with Crippen molar-refractivity contribution in [3.8, 4) is 5.75 Å². The van der Waals surface area contributed by atoms with E-state index in [4.69, 9.17) is 21.1 Å². The van der Waals surface area contributed by atoms with Crippen LogP contribution >= 0.6 is 27.5 Å². The molecule has 3 aromatic rings. The van der Waals surface area contributed by atoms with Gasteiger partial charge >= 0.3 is 5.97 Å².